The number of carbonyl (C=O) groups is 2. The van der Waals surface area contributed by atoms with Crippen molar-refractivity contribution in [2.75, 3.05) is 26.2 Å². The molecule has 0 N–H and O–H groups in total. The lowest BCUT2D eigenvalue weighted by molar-refractivity contribution is -0.136. The fourth-order valence-electron chi connectivity index (χ4n) is 4.35. The van der Waals surface area contributed by atoms with E-state index in [1.807, 2.05) is 41.0 Å². The lowest BCUT2D eigenvalue weighted by Gasteiger charge is -2.23. The summed E-state index contributed by atoms with van der Waals surface area (Å²) in [5.74, 6) is 1.04. The molecule has 1 spiro atoms. The second-order valence-electron chi connectivity index (χ2n) is 7.87. The van der Waals surface area contributed by atoms with Crippen molar-refractivity contribution in [3.63, 3.8) is 0 Å². The third-order valence-electron chi connectivity index (χ3n) is 5.96. The Morgan fingerprint density at radius 3 is 2.61 bits per heavy atom. The van der Waals surface area contributed by atoms with Crippen LogP contribution >= 0.6 is 0 Å². The number of carbonyl (C=O) groups excluding carboxylic acids is 2. The van der Waals surface area contributed by atoms with Crippen molar-refractivity contribution in [1.29, 1.82) is 0 Å². The number of aryl methyl sites for hydroxylation is 1. The Kier molecular flexibility index (Phi) is 4.87. The van der Waals surface area contributed by atoms with E-state index in [9.17, 15) is 9.59 Å². The van der Waals surface area contributed by atoms with E-state index < -0.39 is 0 Å². The van der Waals surface area contributed by atoms with Gasteiger partial charge in [0, 0.05) is 26.2 Å². The Morgan fingerprint density at radius 2 is 1.93 bits per heavy atom. The molecule has 0 aliphatic carbocycles. The summed E-state index contributed by atoms with van der Waals surface area (Å²) in [6, 6.07) is 7.70. The lowest BCUT2D eigenvalue weighted by Crippen LogP contribution is -2.38. The lowest BCUT2D eigenvalue weighted by atomic mass is 9.85. The van der Waals surface area contributed by atoms with E-state index in [1.165, 1.54) is 0 Å². The molecule has 1 unspecified atom stereocenters. The molecule has 0 saturated carbocycles. The Labute approximate surface area is 164 Å². The van der Waals surface area contributed by atoms with Crippen LogP contribution in [-0.4, -0.2) is 68.0 Å². The van der Waals surface area contributed by atoms with Gasteiger partial charge in [0.25, 0.3) is 0 Å². The standard InChI is InChI=1S/C20H26N6O2/c1-3-10-24-11-8-20(19(24)28)9-12-25(14-20)18(27)13-16-4-6-17(7-5-16)26-15(2)21-22-23-26/h4-7H,3,8-14H2,1-2H3. The first kappa shape index (κ1) is 18.6. The molecular weight excluding hydrogens is 356 g/mol. The second-order valence-corrected chi connectivity index (χ2v) is 7.87. The van der Waals surface area contributed by atoms with Crippen LogP contribution in [0.2, 0.25) is 0 Å². The minimum atomic E-state index is -0.341. The average Bonchev–Trinajstić information content (AvgIpc) is 3.39. The van der Waals surface area contributed by atoms with Crippen molar-refractivity contribution in [2.45, 2.75) is 39.5 Å². The largest absolute Gasteiger partial charge is 0.342 e. The number of amides is 2. The van der Waals surface area contributed by atoms with Gasteiger partial charge in [0.15, 0.2) is 5.82 Å². The molecule has 1 aromatic heterocycles. The first-order valence-electron chi connectivity index (χ1n) is 9.94. The van der Waals surface area contributed by atoms with Gasteiger partial charge in [0.1, 0.15) is 0 Å². The molecule has 1 aromatic carbocycles. The van der Waals surface area contributed by atoms with Crippen LogP contribution in [0.15, 0.2) is 24.3 Å². The minimum Gasteiger partial charge on any atom is -0.342 e. The number of tetrazole rings is 1. The fourth-order valence-corrected chi connectivity index (χ4v) is 4.35. The number of benzene rings is 1. The smallest absolute Gasteiger partial charge is 0.230 e. The average molecular weight is 382 g/mol. The Hall–Kier alpha value is -2.77. The summed E-state index contributed by atoms with van der Waals surface area (Å²) in [6.45, 7) is 6.81. The predicted molar refractivity (Wildman–Crippen MR) is 103 cm³/mol. The topological polar surface area (TPSA) is 84.2 Å². The molecular formula is C20H26N6O2. The van der Waals surface area contributed by atoms with Crippen LogP contribution in [0.5, 0.6) is 0 Å². The molecule has 28 heavy (non-hydrogen) atoms. The number of hydrogen-bond donors (Lipinski definition) is 0. The maximum absolute atomic E-state index is 12.8. The van der Waals surface area contributed by atoms with Gasteiger partial charge in [-0.15, -0.1) is 5.10 Å². The molecule has 8 nitrogen and oxygen atoms in total. The van der Waals surface area contributed by atoms with E-state index in [-0.39, 0.29) is 17.2 Å². The molecule has 0 radical (unpaired) electrons. The third kappa shape index (κ3) is 3.27. The zero-order valence-electron chi connectivity index (χ0n) is 16.5. The molecule has 4 rings (SSSR count). The number of nitrogens with zero attached hydrogens (tertiary/aromatic N) is 6. The van der Waals surface area contributed by atoms with Crippen LogP contribution in [0.25, 0.3) is 5.69 Å². The highest BCUT2D eigenvalue weighted by atomic mass is 16.2. The second kappa shape index (κ2) is 7.33. The maximum atomic E-state index is 12.8. The molecule has 1 atom stereocenters. The first-order valence-corrected chi connectivity index (χ1v) is 9.94. The van der Waals surface area contributed by atoms with Crippen molar-refractivity contribution in [3.8, 4) is 5.69 Å². The van der Waals surface area contributed by atoms with Gasteiger partial charge < -0.3 is 9.80 Å². The highest BCUT2D eigenvalue weighted by molar-refractivity contribution is 5.87. The summed E-state index contributed by atoms with van der Waals surface area (Å²) in [6.07, 6.45) is 2.98. The van der Waals surface area contributed by atoms with E-state index in [0.717, 1.165) is 43.6 Å². The Bertz CT molecular complexity index is 877. The van der Waals surface area contributed by atoms with Crippen LogP contribution in [0.4, 0.5) is 0 Å². The zero-order chi connectivity index (χ0) is 19.7. The van der Waals surface area contributed by atoms with Gasteiger partial charge in [-0.1, -0.05) is 19.1 Å². The highest BCUT2D eigenvalue weighted by Crippen LogP contribution is 2.40. The zero-order valence-corrected chi connectivity index (χ0v) is 16.5. The molecule has 2 amide bonds. The predicted octanol–water partition coefficient (Wildman–Crippen LogP) is 1.37. The summed E-state index contributed by atoms with van der Waals surface area (Å²) in [5, 5.41) is 11.5. The fraction of sp³-hybridized carbons (Fsp3) is 0.550. The molecule has 148 valence electrons. The van der Waals surface area contributed by atoms with Gasteiger partial charge in [0.2, 0.25) is 11.8 Å². The number of rotatable bonds is 5. The minimum absolute atomic E-state index is 0.0879. The molecule has 2 aliphatic rings. The highest BCUT2D eigenvalue weighted by Gasteiger charge is 2.51. The molecule has 2 aliphatic heterocycles. The van der Waals surface area contributed by atoms with Gasteiger partial charge in [-0.05, 0) is 54.3 Å². The van der Waals surface area contributed by atoms with Gasteiger partial charge >= 0.3 is 0 Å². The SMILES string of the molecule is CCCN1CCC2(CCN(C(=O)Cc3ccc(-n4nnnc4C)cc3)C2)C1=O. The van der Waals surface area contributed by atoms with Crippen molar-refractivity contribution in [1.82, 2.24) is 30.0 Å². The molecule has 2 fully saturated rings. The van der Waals surface area contributed by atoms with Gasteiger partial charge in [-0.3, -0.25) is 9.59 Å². The third-order valence-corrected chi connectivity index (χ3v) is 5.96. The monoisotopic (exact) mass is 382 g/mol. The summed E-state index contributed by atoms with van der Waals surface area (Å²) < 4.78 is 1.66. The van der Waals surface area contributed by atoms with Crippen molar-refractivity contribution in [2.24, 2.45) is 5.41 Å². The van der Waals surface area contributed by atoms with E-state index in [1.54, 1.807) is 4.68 Å². The van der Waals surface area contributed by atoms with Crippen molar-refractivity contribution in [3.05, 3.63) is 35.7 Å². The van der Waals surface area contributed by atoms with Crippen molar-refractivity contribution < 1.29 is 9.59 Å². The maximum Gasteiger partial charge on any atom is 0.230 e. The number of hydrogen-bond acceptors (Lipinski definition) is 5. The van der Waals surface area contributed by atoms with Gasteiger partial charge in [0.05, 0.1) is 17.5 Å². The number of likely N-dealkylation sites (tertiary alicyclic amines) is 2. The van der Waals surface area contributed by atoms with Crippen LogP contribution in [0, 0.1) is 12.3 Å². The summed E-state index contributed by atoms with van der Waals surface area (Å²) in [5.41, 5.74) is 1.48. The van der Waals surface area contributed by atoms with Crippen LogP contribution in [0.1, 0.15) is 37.6 Å². The van der Waals surface area contributed by atoms with E-state index in [2.05, 4.69) is 22.4 Å². The summed E-state index contributed by atoms with van der Waals surface area (Å²) in [4.78, 5) is 29.4. The van der Waals surface area contributed by atoms with Crippen LogP contribution < -0.4 is 0 Å². The normalized spacial score (nSPS) is 21.9. The molecule has 8 heteroatoms. The van der Waals surface area contributed by atoms with Crippen molar-refractivity contribution >= 4 is 11.8 Å². The molecule has 2 saturated heterocycles. The van der Waals surface area contributed by atoms with Gasteiger partial charge in [-0.25, -0.2) is 0 Å². The molecule has 3 heterocycles. The number of aromatic nitrogens is 4. The van der Waals surface area contributed by atoms with E-state index >= 15 is 0 Å². The quantitative estimate of drug-likeness (QED) is 0.780. The molecule has 0 bridgehead atoms. The first-order chi connectivity index (χ1) is 13.5. The van der Waals surface area contributed by atoms with Crippen LogP contribution in [0.3, 0.4) is 0 Å². The summed E-state index contributed by atoms with van der Waals surface area (Å²) in [7, 11) is 0. The van der Waals surface area contributed by atoms with E-state index in [0.29, 0.717) is 25.3 Å². The van der Waals surface area contributed by atoms with Crippen LogP contribution in [-0.2, 0) is 16.0 Å². The Morgan fingerprint density at radius 1 is 1.18 bits per heavy atom. The van der Waals surface area contributed by atoms with Gasteiger partial charge in [-0.2, -0.15) is 4.68 Å². The van der Waals surface area contributed by atoms with E-state index in [4.69, 9.17) is 0 Å². The summed E-state index contributed by atoms with van der Waals surface area (Å²) >= 11 is 0. The molecule has 2 aromatic rings. The Balaban J connectivity index is 1.38.